The lowest BCUT2D eigenvalue weighted by atomic mass is 10.1. The van der Waals surface area contributed by atoms with Crippen LogP contribution in [0.5, 0.6) is 11.5 Å². The molecule has 0 bridgehead atoms. The van der Waals surface area contributed by atoms with E-state index in [2.05, 4.69) is 29.4 Å². The number of nitrogens with one attached hydrogen (secondary N) is 1. The number of benzene rings is 2. The number of methoxy groups -OCH3 is 1. The van der Waals surface area contributed by atoms with E-state index in [4.69, 9.17) is 4.74 Å². The molecular formula is C20H20N2O3S. The number of aryl methyl sites for hydroxylation is 1. The van der Waals surface area contributed by atoms with Crippen molar-refractivity contribution in [3.8, 4) is 22.8 Å². The second-order valence-electron chi connectivity index (χ2n) is 5.82. The molecule has 5 nitrogen and oxygen atoms in total. The molecule has 0 aliphatic carbocycles. The minimum absolute atomic E-state index is 0.0512. The van der Waals surface area contributed by atoms with Crippen LogP contribution in [-0.2, 0) is 17.6 Å². The van der Waals surface area contributed by atoms with Crippen LogP contribution in [-0.4, -0.2) is 23.1 Å². The molecule has 1 aromatic heterocycles. The van der Waals surface area contributed by atoms with Gasteiger partial charge >= 0.3 is 0 Å². The summed E-state index contributed by atoms with van der Waals surface area (Å²) in [6, 6.07) is 13.1. The number of nitrogens with zero attached hydrogens (tertiary/aromatic N) is 1. The van der Waals surface area contributed by atoms with Crippen LogP contribution in [0.3, 0.4) is 0 Å². The molecule has 26 heavy (non-hydrogen) atoms. The Hall–Kier alpha value is -2.86. The summed E-state index contributed by atoms with van der Waals surface area (Å²) in [6.45, 7) is 2.12. The quantitative estimate of drug-likeness (QED) is 0.682. The summed E-state index contributed by atoms with van der Waals surface area (Å²) in [5, 5.41) is 14.9. The van der Waals surface area contributed by atoms with Crippen molar-refractivity contribution >= 4 is 22.4 Å². The van der Waals surface area contributed by atoms with E-state index in [1.54, 1.807) is 12.1 Å². The number of aromatic hydroxyl groups is 1. The Bertz CT molecular complexity index is 904. The molecule has 2 aromatic carbocycles. The van der Waals surface area contributed by atoms with Gasteiger partial charge in [0.15, 0.2) is 16.6 Å². The van der Waals surface area contributed by atoms with Gasteiger partial charge in [-0.25, -0.2) is 4.98 Å². The standard InChI is InChI=1S/C20H20N2O3S/c1-3-13-4-7-15(8-5-13)16-12-26-20(21-16)22-19(24)11-14-6-9-17(23)18(10-14)25-2/h4-10,12,23H,3,11H2,1-2H3,(H,21,22,24). The van der Waals surface area contributed by atoms with Crippen LogP contribution in [0.25, 0.3) is 11.3 Å². The lowest BCUT2D eigenvalue weighted by Crippen LogP contribution is -2.14. The molecule has 3 rings (SSSR count). The van der Waals surface area contributed by atoms with Crippen LogP contribution in [0.15, 0.2) is 47.8 Å². The van der Waals surface area contributed by atoms with Gasteiger partial charge in [-0.2, -0.15) is 0 Å². The summed E-state index contributed by atoms with van der Waals surface area (Å²) >= 11 is 1.40. The van der Waals surface area contributed by atoms with Crippen molar-refractivity contribution in [2.45, 2.75) is 19.8 Å². The van der Waals surface area contributed by atoms with Gasteiger partial charge in [0.2, 0.25) is 5.91 Å². The van der Waals surface area contributed by atoms with Crippen molar-refractivity contribution in [1.29, 1.82) is 0 Å². The van der Waals surface area contributed by atoms with Crippen LogP contribution in [0.4, 0.5) is 5.13 Å². The highest BCUT2D eigenvalue weighted by Gasteiger charge is 2.10. The van der Waals surface area contributed by atoms with Gasteiger partial charge in [-0.3, -0.25) is 4.79 Å². The normalized spacial score (nSPS) is 10.5. The third-order valence-corrected chi connectivity index (χ3v) is 4.78. The molecule has 1 amide bonds. The minimum atomic E-state index is -0.167. The molecule has 6 heteroatoms. The van der Waals surface area contributed by atoms with Gasteiger partial charge in [-0.15, -0.1) is 11.3 Å². The molecule has 3 aromatic rings. The molecule has 134 valence electrons. The smallest absolute Gasteiger partial charge is 0.230 e. The third kappa shape index (κ3) is 4.21. The summed E-state index contributed by atoms with van der Waals surface area (Å²) in [6.07, 6.45) is 1.18. The topological polar surface area (TPSA) is 71.5 Å². The van der Waals surface area contributed by atoms with Crippen molar-refractivity contribution < 1.29 is 14.6 Å². The first-order valence-corrected chi connectivity index (χ1v) is 9.17. The third-order valence-electron chi connectivity index (χ3n) is 4.02. The molecule has 0 fully saturated rings. The number of aromatic nitrogens is 1. The molecule has 0 radical (unpaired) electrons. The summed E-state index contributed by atoms with van der Waals surface area (Å²) in [7, 11) is 1.48. The Kier molecular flexibility index (Phi) is 5.53. The van der Waals surface area contributed by atoms with Crippen molar-refractivity contribution in [2.24, 2.45) is 0 Å². The number of hydrogen-bond donors (Lipinski definition) is 2. The number of carbonyl (C=O) groups excluding carboxylic acids is 1. The van der Waals surface area contributed by atoms with E-state index in [0.717, 1.165) is 23.2 Å². The Morgan fingerprint density at radius 2 is 1.92 bits per heavy atom. The number of carbonyl (C=O) groups is 1. The van der Waals surface area contributed by atoms with Crippen LogP contribution >= 0.6 is 11.3 Å². The monoisotopic (exact) mass is 368 g/mol. The number of hydrogen-bond acceptors (Lipinski definition) is 5. The second kappa shape index (κ2) is 8.01. The van der Waals surface area contributed by atoms with Crippen molar-refractivity contribution in [1.82, 2.24) is 4.98 Å². The van der Waals surface area contributed by atoms with Crippen LogP contribution in [0.1, 0.15) is 18.1 Å². The highest BCUT2D eigenvalue weighted by atomic mass is 32.1. The number of rotatable bonds is 6. The predicted molar refractivity (Wildman–Crippen MR) is 104 cm³/mol. The lowest BCUT2D eigenvalue weighted by Gasteiger charge is -2.06. The number of anilines is 1. The van der Waals surface area contributed by atoms with Gasteiger partial charge in [0, 0.05) is 10.9 Å². The molecule has 0 unspecified atom stereocenters. The van der Waals surface area contributed by atoms with Crippen molar-refractivity contribution in [3.63, 3.8) is 0 Å². The average molecular weight is 368 g/mol. The number of amides is 1. The Balaban J connectivity index is 1.65. The summed E-state index contributed by atoms with van der Waals surface area (Å²) in [5.74, 6) is 0.234. The molecule has 0 spiro atoms. The lowest BCUT2D eigenvalue weighted by molar-refractivity contribution is -0.115. The summed E-state index contributed by atoms with van der Waals surface area (Å²) < 4.78 is 5.06. The fraction of sp³-hybridized carbons (Fsp3) is 0.200. The van der Waals surface area contributed by atoms with E-state index in [1.165, 1.54) is 30.1 Å². The maximum atomic E-state index is 12.2. The van der Waals surface area contributed by atoms with E-state index >= 15 is 0 Å². The van der Waals surface area contributed by atoms with Crippen LogP contribution in [0.2, 0.25) is 0 Å². The Labute approximate surface area is 156 Å². The maximum Gasteiger partial charge on any atom is 0.230 e. The fourth-order valence-electron chi connectivity index (χ4n) is 2.56. The van der Waals surface area contributed by atoms with E-state index in [9.17, 15) is 9.90 Å². The van der Waals surface area contributed by atoms with Gasteiger partial charge in [0.1, 0.15) is 0 Å². The summed E-state index contributed by atoms with van der Waals surface area (Å²) in [4.78, 5) is 16.7. The molecule has 2 N–H and O–H groups in total. The first-order chi connectivity index (χ1) is 12.6. The molecule has 0 saturated heterocycles. The first-order valence-electron chi connectivity index (χ1n) is 8.29. The maximum absolute atomic E-state index is 12.2. The average Bonchev–Trinajstić information content (AvgIpc) is 3.11. The molecule has 0 atom stereocenters. The number of phenols is 1. The molecule has 1 heterocycles. The highest BCUT2D eigenvalue weighted by molar-refractivity contribution is 7.14. The van der Waals surface area contributed by atoms with Gasteiger partial charge in [0.25, 0.3) is 0 Å². The SMILES string of the molecule is CCc1ccc(-c2csc(NC(=O)Cc3ccc(O)c(OC)c3)n2)cc1. The zero-order valence-electron chi connectivity index (χ0n) is 14.7. The molecule has 0 aliphatic rings. The Morgan fingerprint density at radius 1 is 1.19 bits per heavy atom. The van der Waals surface area contributed by atoms with E-state index in [-0.39, 0.29) is 18.1 Å². The van der Waals surface area contributed by atoms with Crippen LogP contribution in [0, 0.1) is 0 Å². The van der Waals surface area contributed by atoms with Crippen molar-refractivity contribution in [2.75, 3.05) is 12.4 Å². The van der Waals surface area contributed by atoms with Gasteiger partial charge in [-0.05, 0) is 29.7 Å². The largest absolute Gasteiger partial charge is 0.504 e. The Morgan fingerprint density at radius 3 is 2.62 bits per heavy atom. The zero-order chi connectivity index (χ0) is 18.5. The zero-order valence-corrected chi connectivity index (χ0v) is 15.5. The summed E-state index contributed by atoms with van der Waals surface area (Å²) in [5.41, 5.74) is 3.91. The van der Waals surface area contributed by atoms with E-state index in [0.29, 0.717) is 10.9 Å². The first kappa shape index (κ1) is 17.9. The van der Waals surface area contributed by atoms with Gasteiger partial charge in [-0.1, -0.05) is 37.3 Å². The van der Waals surface area contributed by atoms with Crippen LogP contribution < -0.4 is 10.1 Å². The predicted octanol–water partition coefficient (Wildman–Crippen LogP) is 4.27. The van der Waals surface area contributed by atoms with Gasteiger partial charge in [0.05, 0.1) is 19.2 Å². The number of ether oxygens (including phenoxy) is 1. The molecule has 0 saturated carbocycles. The van der Waals surface area contributed by atoms with E-state index in [1.807, 2.05) is 17.5 Å². The fourth-order valence-corrected chi connectivity index (χ4v) is 3.29. The number of phenolic OH excluding ortho intramolecular Hbond substituents is 1. The minimum Gasteiger partial charge on any atom is -0.504 e. The molecular weight excluding hydrogens is 348 g/mol. The second-order valence-corrected chi connectivity index (χ2v) is 6.68. The van der Waals surface area contributed by atoms with E-state index < -0.39 is 0 Å². The van der Waals surface area contributed by atoms with Crippen molar-refractivity contribution in [3.05, 3.63) is 59.0 Å². The molecule has 0 aliphatic heterocycles. The number of thiazole rings is 1. The van der Waals surface area contributed by atoms with Gasteiger partial charge < -0.3 is 15.2 Å². The highest BCUT2D eigenvalue weighted by Crippen LogP contribution is 2.27.